The zero-order chi connectivity index (χ0) is 16.1. The number of hydrogen-bond donors (Lipinski definition) is 1. The molecule has 0 aliphatic carbocycles. The topological polar surface area (TPSA) is 81.0 Å². The Morgan fingerprint density at radius 1 is 1.39 bits per heavy atom. The molecule has 0 amide bonds. The Kier molecular flexibility index (Phi) is 5.71. The Bertz CT molecular complexity index is 569. The van der Waals surface area contributed by atoms with E-state index in [4.69, 9.17) is 13.9 Å². The van der Waals surface area contributed by atoms with Crippen molar-refractivity contribution in [1.82, 2.24) is 9.03 Å². The molecule has 0 spiro atoms. The smallest absolute Gasteiger partial charge is 0.280 e. The fraction of sp³-hybridized carbons (Fsp3) is 0.733. The Morgan fingerprint density at radius 2 is 2.30 bits per heavy atom. The first-order chi connectivity index (χ1) is 11.2. The molecule has 1 N–H and O–H groups in total. The van der Waals surface area contributed by atoms with Crippen molar-refractivity contribution in [1.29, 1.82) is 0 Å². The molecule has 7 nitrogen and oxygen atoms in total. The van der Waals surface area contributed by atoms with Crippen molar-refractivity contribution < 1.29 is 22.3 Å². The molecular weight excluding hydrogens is 320 g/mol. The normalized spacial score (nSPS) is 26.1. The summed E-state index contributed by atoms with van der Waals surface area (Å²) in [6.07, 6.45) is 4.22. The summed E-state index contributed by atoms with van der Waals surface area (Å²) >= 11 is 0. The average Bonchev–Trinajstić information content (AvgIpc) is 3.27. The summed E-state index contributed by atoms with van der Waals surface area (Å²) in [5.74, 6) is 1.14. The average molecular weight is 344 g/mol. The summed E-state index contributed by atoms with van der Waals surface area (Å²) in [7, 11) is -3.52. The highest BCUT2D eigenvalue weighted by atomic mass is 32.2. The third kappa shape index (κ3) is 4.33. The van der Waals surface area contributed by atoms with Gasteiger partial charge in [-0.2, -0.15) is 17.4 Å². The van der Waals surface area contributed by atoms with E-state index in [2.05, 4.69) is 4.72 Å². The molecule has 1 aromatic rings. The molecule has 0 aromatic carbocycles. The largest absolute Gasteiger partial charge is 0.468 e. The molecule has 3 rings (SSSR count). The number of nitrogens with zero attached hydrogens (tertiary/aromatic N) is 1. The van der Waals surface area contributed by atoms with Crippen LogP contribution in [0.2, 0.25) is 0 Å². The Labute approximate surface area is 137 Å². The lowest BCUT2D eigenvalue weighted by Gasteiger charge is -2.22. The standard InChI is InChI=1S/C15H24N2O5S/c18-23(19,16-6-10-21-12-13-5-9-20-11-13)17-7-1-3-14(17)15-4-2-8-22-15/h2,4,8,13-14,16H,1,3,5-7,9-12H2/t13-,14+/m1/s1. The molecule has 2 aliphatic heterocycles. The summed E-state index contributed by atoms with van der Waals surface area (Å²) in [6, 6.07) is 3.40. The van der Waals surface area contributed by atoms with Crippen LogP contribution in [0.3, 0.4) is 0 Å². The van der Waals surface area contributed by atoms with Crippen molar-refractivity contribution in [2.45, 2.75) is 25.3 Å². The second-order valence-corrected chi connectivity index (χ2v) is 7.70. The van der Waals surface area contributed by atoms with E-state index < -0.39 is 10.2 Å². The second-order valence-electron chi connectivity index (χ2n) is 5.99. The Morgan fingerprint density at radius 3 is 3.04 bits per heavy atom. The van der Waals surface area contributed by atoms with Crippen molar-refractivity contribution in [3.8, 4) is 0 Å². The second kappa shape index (κ2) is 7.76. The lowest BCUT2D eigenvalue weighted by molar-refractivity contribution is 0.0933. The zero-order valence-electron chi connectivity index (χ0n) is 13.1. The van der Waals surface area contributed by atoms with Crippen LogP contribution >= 0.6 is 0 Å². The van der Waals surface area contributed by atoms with Crippen molar-refractivity contribution in [3.05, 3.63) is 24.2 Å². The van der Waals surface area contributed by atoms with E-state index in [9.17, 15) is 8.42 Å². The van der Waals surface area contributed by atoms with Gasteiger partial charge in [0, 0.05) is 25.6 Å². The molecule has 0 radical (unpaired) electrons. The van der Waals surface area contributed by atoms with Crippen LogP contribution in [0.5, 0.6) is 0 Å². The van der Waals surface area contributed by atoms with E-state index in [0.29, 0.717) is 31.4 Å². The Balaban J connectivity index is 1.44. The van der Waals surface area contributed by atoms with E-state index in [1.165, 1.54) is 4.31 Å². The van der Waals surface area contributed by atoms with Gasteiger partial charge in [0.25, 0.3) is 10.2 Å². The van der Waals surface area contributed by atoms with Crippen molar-refractivity contribution in [3.63, 3.8) is 0 Å². The van der Waals surface area contributed by atoms with Crippen LogP contribution in [-0.2, 0) is 19.7 Å². The summed E-state index contributed by atoms with van der Waals surface area (Å²) < 4.78 is 45.2. The first-order valence-electron chi connectivity index (χ1n) is 8.12. The van der Waals surface area contributed by atoms with Gasteiger partial charge in [-0.15, -0.1) is 0 Å². The van der Waals surface area contributed by atoms with E-state index in [1.54, 1.807) is 12.3 Å². The molecule has 8 heteroatoms. The third-order valence-electron chi connectivity index (χ3n) is 4.29. The van der Waals surface area contributed by atoms with E-state index in [1.807, 2.05) is 6.07 Å². The fourth-order valence-electron chi connectivity index (χ4n) is 3.08. The van der Waals surface area contributed by atoms with Gasteiger partial charge in [-0.3, -0.25) is 0 Å². The summed E-state index contributed by atoms with van der Waals surface area (Å²) in [6.45, 7) is 3.32. The maximum Gasteiger partial charge on any atom is 0.280 e. The van der Waals surface area contributed by atoms with Gasteiger partial charge in [0.05, 0.1) is 32.1 Å². The number of rotatable bonds is 8. The predicted molar refractivity (Wildman–Crippen MR) is 84.1 cm³/mol. The predicted octanol–water partition coefficient (Wildman–Crippen LogP) is 1.30. The van der Waals surface area contributed by atoms with Crippen molar-refractivity contribution in [2.75, 3.05) is 39.5 Å². The fourth-order valence-corrected chi connectivity index (χ4v) is 4.50. The van der Waals surface area contributed by atoms with Gasteiger partial charge < -0.3 is 13.9 Å². The molecule has 1 aromatic heterocycles. The first kappa shape index (κ1) is 16.9. The third-order valence-corrected chi connectivity index (χ3v) is 5.92. The van der Waals surface area contributed by atoms with Crippen LogP contribution in [0.1, 0.15) is 31.1 Å². The van der Waals surface area contributed by atoms with Crippen LogP contribution in [0.25, 0.3) is 0 Å². The highest BCUT2D eigenvalue weighted by molar-refractivity contribution is 7.87. The maximum atomic E-state index is 12.5. The molecule has 0 saturated carbocycles. The summed E-state index contributed by atoms with van der Waals surface area (Å²) in [4.78, 5) is 0. The Hall–Kier alpha value is -0.930. The van der Waals surface area contributed by atoms with E-state index >= 15 is 0 Å². The summed E-state index contributed by atoms with van der Waals surface area (Å²) in [5.41, 5.74) is 0. The number of hydrogen-bond acceptors (Lipinski definition) is 5. The van der Waals surface area contributed by atoms with E-state index in [-0.39, 0.29) is 12.6 Å². The van der Waals surface area contributed by atoms with Gasteiger partial charge in [0.15, 0.2) is 0 Å². The quantitative estimate of drug-likeness (QED) is 0.719. The lowest BCUT2D eigenvalue weighted by atomic mass is 10.1. The lowest BCUT2D eigenvalue weighted by Crippen LogP contribution is -2.41. The SMILES string of the molecule is O=S(=O)(NCCOC[C@@H]1CCOC1)N1CCC[C@H]1c1ccco1. The number of nitrogens with one attached hydrogen (secondary N) is 1. The van der Waals surface area contributed by atoms with Gasteiger partial charge in [-0.05, 0) is 31.4 Å². The van der Waals surface area contributed by atoms with Gasteiger partial charge >= 0.3 is 0 Å². The van der Waals surface area contributed by atoms with Gasteiger partial charge in [0.1, 0.15) is 5.76 Å². The van der Waals surface area contributed by atoms with Crippen LogP contribution in [-0.4, -0.2) is 52.2 Å². The number of ether oxygens (including phenoxy) is 2. The minimum Gasteiger partial charge on any atom is -0.468 e. The van der Waals surface area contributed by atoms with Crippen LogP contribution in [0.4, 0.5) is 0 Å². The number of furan rings is 1. The van der Waals surface area contributed by atoms with Crippen LogP contribution in [0.15, 0.2) is 22.8 Å². The molecule has 2 aliphatic rings. The van der Waals surface area contributed by atoms with Crippen LogP contribution in [0, 0.1) is 5.92 Å². The minimum absolute atomic E-state index is 0.209. The van der Waals surface area contributed by atoms with Gasteiger partial charge in [0.2, 0.25) is 0 Å². The monoisotopic (exact) mass is 344 g/mol. The van der Waals surface area contributed by atoms with Crippen LogP contribution < -0.4 is 4.72 Å². The molecule has 23 heavy (non-hydrogen) atoms. The summed E-state index contributed by atoms with van der Waals surface area (Å²) in [5, 5.41) is 0. The molecule has 2 atom stereocenters. The molecule has 0 bridgehead atoms. The highest BCUT2D eigenvalue weighted by Crippen LogP contribution is 2.33. The maximum absolute atomic E-state index is 12.5. The van der Waals surface area contributed by atoms with E-state index in [0.717, 1.165) is 32.5 Å². The molecule has 2 saturated heterocycles. The molecule has 2 fully saturated rings. The zero-order valence-corrected chi connectivity index (χ0v) is 14.0. The molecule has 130 valence electrons. The molecular formula is C15H24N2O5S. The van der Waals surface area contributed by atoms with Gasteiger partial charge in [-0.25, -0.2) is 0 Å². The van der Waals surface area contributed by atoms with Crippen molar-refractivity contribution >= 4 is 10.2 Å². The first-order valence-corrected chi connectivity index (χ1v) is 9.56. The minimum atomic E-state index is -3.52. The highest BCUT2D eigenvalue weighted by Gasteiger charge is 2.36. The molecule has 3 heterocycles. The van der Waals surface area contributed by atoms with Crippen molar-refractivity contribution in [2.24, 2.45) is 5.92 Å². The molecule has 0 unspecified atom stereocenters. The van der Waals surface area contributed by atoms with Gasteiger partial charge in [-0.1, -0.05) is 0 Å².